The molecule has 2 heterocycles. The van der Waals surface area contributed by atoms with E-state index in [0.717, 1.165) is 31.0 Å². The second-order valence-corrected chi connectivity index (χ2v) is 12.0. The number of aliphatic hydroxyl groups is 1. The summed E-state index contributed by atoms with van der Waals surface area (Å²) >= 11 is 0. The molecular weight excluding hydrogens is 570 g/mol. The Hall–Kier alpha value is -3.90. The predicted molar refractivity (Wildman–Crippen MR) is 149 cm³/mol. The number of fused-ring (bicyclic) bond motifs is 1. The second kappa shape index (κ2) is 10.7. The van der Waals surface area contributed by atoms with Crippen molar-refractivity contribution in [2.75, 3.05) is 20.3 Å². The number of rotatable bonds is 8. The zero-order valence-electron chi connectivity index (χ0n) is 24.1. The Kier molecular flexibility index (Phi) is 7.58. The lowest BCUT2D eigenvalue weighted by Gasteiger charge is -2.40. The first kappa shape index (κ1) is 30.6. The van der Waals surface area contributed by atoms with E-state index in [0.29, 0.717) is 11.5 Å². The van der Waals surface area contributed by atoms with E-state index in [1.165, 1.54) is 25.3 Å². The SMILES string of the molecule is COc1cc(C(=O)NCC(O)(c2cc3c(c(-c4ccc(F)cc4)n2)OCC3(N)C(F)(F)F)C(C)(C)C)ccc1OC1CC1. The minimum atomic E-state index is -4.90. The lowest BCUT2D eigenvalue weighted by Crippen LogP contribution is -2.52. The van der Waals surface area contributed by atoms with Gasteiger partial charge in [0.15, 0.2) is 22.8 Å². The highest BCUT2D eigenvalue weighted by Gasteiger charge is 2.59. The fourth-order valence-corrected chi connectivity index (χ4v) is 4.85. The van der Waals surface area contributed by atoms with Gasteiger partial charge >= 0.3 is 6.18 Å². The molecular formula is C31H33F4N3O5. The number of amides is 1. The van der Waals surface area contributed by atoms with Crippen LogP contribution in [0.15, 0.2) is 48.5 Å². The van der Waals surface area contributed by atoms with Gasteiger partial charge < -0.3 is 30.4 Å². The number of aromatic nitrogens is 1. The summed E-state index contributed by atoms with van der Waals surface area (Å²) < 4.78 is 73.1. The molecule has 1 amide bonds. The van der Waals surface area contributed by atoms with Crippen LogP contribution in [-0.2, 0) is 11.1 Å². The Balaban J connectivity index is 1.54. The standard InChI is InChI=1S/C31H33F4N3O5/c1-28(2,3)30(40,15-37-27(39)18-7-12-22(23(13-18)41-4)43-20-10-11-20)24-14-21-26(42-16-29(21,36)31(33,34)35)25(38-24)17-5-8-19(32)9-6-17/h5-9,12-14,20,40H,10-11,15-16,36H2,1-4H3,(H,37,39). The summed E-state index contributed by atoms with van der Waals surface area (Å²) in [7, 11) is 1.45. The Morgan fingerprint density at radius 2 is 1.79 bits per heavy atom. The molecule has 3 aromatic rings. The van der Waals surface area contributed by atoms with Crippen LogP contribution in [-0.4, -0.2) is 48.5 Å². The van der Waals surface area contributed by atoms with Crippen LogP contribution >= 0.6 is 0 Å². The zero-order valence-corrected chi connectivity index (χ0v) is 24.1. The number of nitrogens with two attached hydrogens (primary N) is 1. The summed E-state index contributed by atoms with van der Waals surface area (Å²) in [6, 6.07) is 10.7. The number of carbonyl (C=O) groups excluding carboxylic acids is 1. The Morgan fingerprint density at radius 3 is 2.37 bits per heavy atom. The molecule has 8 nitrogen and oxygen atoms in total. The Bertz CT molecular complexity index is 1540. The van der Waals surface area contributed by atoms with E-state index in [-0.39, 0.29) is 34.4 Å². The monoisotopic (exact) mass is 603 g/mol. The molecule has 2 unspecified atom stereocenters. The van der Waals surface area contributed by atoms with E-state index in [2.05, 4.69) is 10.3 Å². The number of hydrogen-bond acceptors (Lipinski definition) is 7. The third-order valence-corrected chi connectivity index (χ3v) is 7.93. The van der Waals surface area contributed by atoms with Gasteiger partial charge in [-0.05, 0) is 66.8 Å². The smallest absolute Gasteiger partial charge is 0.414 e. The van der Waals surface area contributed by atoms with Crippen molar-refractivity contribution in [2.45, 2.75) is 57.0 Å². The van der Waals surface area contributed by atoms with E-state index >= 15 is 0 Å². The molecule has 0 radical (unpaired) electrons. The van der Waals surface area contributed by atoms with Crippen molar-refractivity contribution >= 4 is 5.91 Å². The third-order valence-electron chi connectivity index (χ3n) is 7.93. The van der Waals surface area contributed by atoms with Gasteiger partial charge in [0, 0.05) is 16.7 Å². The number of benzene rings is 2. The molecule has 0 saturated heterocycles. The lowest BCUT2D eigenvalue weighted by atomic mass is 9.73. The van der Waals surface area contributed by atoms with E-state index in [1.807, 2.05) is 0 Å². The van der Waals surface area contributed by atoms with Crippen molar-refractivity contribution in [3.05, 3.63) is 71.2 Å². The van der Waals surface area contributed by atoms with Gasteiger partial charge in [0.1, 0.15) is 23.7 Å². The Labute approximate surface area is 246 Å². The fourth-order valence-electron chi connectivity index (χ4n) is 4.85. The number of alkyl halides is 3. The molecule has 1 aliphatic heterocycles. The van der Waals surface area contributed by atoms with Gasteiger partial charge in [0.2, 0.25) is 0 Å². The van der Waals surface area contributed by atoms with Gasteiger partial charge in [0.05, 0.1) is 25.5 Å². The highest BCUT2D eigenvalue weighted by atomic mass is 19.4. The molecule has 12 heteroatoms. The van der Waals surface area contributed by atoms with Crippen LogP contribution in [0.5, 0.6) is 17.2 Å². The van der Waals surface area contributed by atoms with E-state index in [1.54, 1.807) is 32.9 Å². The lowest BCUT2D eigenvalue weighted by molar-refractivity contribution is -0.191. The third kappa shape index (κ3) is 5.61. The molecule has 5 rings (SSSR count). The summed E-state index contributed by atoms with van der Waals surface area (Å²) in [6.45, 7) is 3.66. The number of halogens is 4. The molecule has 2 atom stereocenters. The van der Waals surface area contributed by atoms with Crippen LogP contribution in [0, 0.1) is 11.2 Å². The normalized spacial score (nSPS) is 19.7. The summed E-state index contributed by atoms with van der Waals surface area (Å²) in [6.07, 6.45) is -2.91. The van der Waals surface area contributed by atoms with E-state index in [9.17, 15) is 27.5 Å². The van der Waals surface area contributed by atoms with Crippen molar-refractivity contribution in [3.8, 4) is 28.5 Å². The molecule has 2 aromatic carbocycles. The zero-order chi connectivity index (χ0) is 31.4. The van der Waals surface area contributed by atoms with Crippen molar-refractivity contribution in [2.24, 2.45) is 11.1 Å². The molecule has 0 spiro atoms. The van der Waals surface area contributed by atoms with Gasteiger partial charge in [-0.2, -0.15) is 13.2 Å². The van der Waals surface area contributed by atoms with Gasteiger partial charge in [-0.1, -0.05) is 20.8 Å². The number of pyridine rings is 1. The largest absolute Gasteiger partial charge is 0.493 e. The highest BCUT2D eigenvalue weighted by molar-refractivity contribution is 5.95. The maximum atomic E-state index is 14.3. The molecule has 2 aliphatic rings. The first-order valence-corrected chi connectivity index (χ1v) is 13.7. The maximum Gasteiger partial charge on any atom is 0.414 e. The van der Waals surface area contributed by atoms with Crippen LogP contribution in [0.4, 0.5) is 17.6 Å². The Morgan fingerprint density at radius 1 is 1.12 bits per heavy atom. The van der Waals surface area contributed by atoms with Crippen LogP contribution < -0.4 is 25.3 Å². The number of nitrogens with one attached hydrogen (secondary N) is 1. The van der Waals surface area contributed by atoms with Gasteiger partial charge in [-0.3, -0.25) is 4.79 Å². The molecule has 230 valence electrons. The molecule has 1 saturated carbocycles. The molecule has 4 N–H and O–H groups in total. The molecule has 1 fully saturated rings. The minimum Gasteiger partial charge on any atom is -0.493 e. The molecule has 1 aromatic heterocycles. The van der Waals surface area contributed by atoms with Crippen LogP contribution in [0.2, 0.25) is 0 Å². The predicted octanol–water partition coefficient (Wildman–Crippen LogP) is 5.21. The number of methoxy groups -OCH3 is 1. The summed E-state index contributed by atoms with van der Waals surface area (Å²) in [5.74, 6) is -0.470. The summed E-state index contributed by atoms with van der Waals surface area (Å²) in [5, 5.41) is 14.8. The molecule has 0 bridgehead atoms. The highest BCUT2D eigenvalue weighted by Crippen LogP contribution is 2.51. The van der Waals surface area contributed by atoms with Crippen LogP contribution in [0.1, 0.15) is 55.2 Å². The number of hydrogen-bond donors (Lipinski definition) is 3. The maximum absolute atomic E-state index is 14.3. The van der Waals surface area contributed by atoms with Crippen molar-refractivity contribution < 1.29 is 41.7 Å². The average molecular weight is 604 g/mol. The van der Waals surface area contributed by atoms with Crippen molar-refractivity contribution in [1.29, 1.82) is 0 Å². The fraction of sp³-hybridized carbons (Fsp3) is 0.419. The molecule has 43 heavy (non-hydrogen) atoms. The topological polar surface area (TPSA) is 116 Å². The summed E-state index contributed by atoms with van der Waals surface area (Å²) in [5.41, 5.74) is -0.216. The number of carbonyl (C=O) groups is 1. The first-order valence-electron chi connectivity index (χ1n) is 13.7. The van der Waals surface area contributed by atoms with Gasteiger partial charge in [-0.15, -0.1) is 0 Å². The van der Waals surface area contributed by atoms with Crippen LogP contribution in [0.3, 0.4) is 0 Å². The van der Waals surface area contributed by atoms with Crippen LogP contribution in [0.25, 0.3) is 11.3 Å². The van der Waals surface area contributed by atoms with E-state index < -0.39 is 53.2 Å². The quantitative estimate of drug-likeness (QED) is 0.303. The van der Waals surface area contributed by atoms with Crippen molar-refractivity contribution in [3.63, 3.8) is 0 Å². The number of nitrogens with zero attached hydrogens (tertiary/aromatic N) is 1. The number of ether oxygens (including phenoxy) is 3. The van der Waals surface area contributed by atoms with Gasteiger partial charge in [-0.25, -0.2) is 9.37 Å². The first-order chi connectivity index (χ1) is 20.1. The molecule has 1 aliphatic carbocycles. The van der Waals surface area contributed by atoms with E-state index in [4.69, 9.17) is 19.9 Å². The summed E-state index contributed by atoms with van der Waals surface area (Å²) in [4.78, 5) is 17.8. The van der Waals surface area contributed by atoms with Gasteiger partial charge in [0.25, 0.3) is 5.91 Å². The minimum absolute atomic E-state index is 0.0472. The second-order valence-electron chi connectivity index (χ2n) is 12.0. The van der Waals surface area contributed by atoms with Crippen molar-refractivity contribution in [1.82, 2.24) is 10.3 Å². The average Bonchev–Trinajstić information content (AvgIpc) is 3.70.